The first-order valence-corrected chi connectivity index (χ1v) is 9.70. The van der Waals surface area contributed by atoms with E-state index in [0.717, 1.165) is 11.3 Å². The summed E-state index contributed by atoms with van der Waals surface area (Å²) in [4.78, 5) is 28.8. The lowest BCUT2D eigenvalue weighted by molar-refractivity contribution is 0.0698. The molecule has 0 atom stereocenters. The Kier molecular flexibility index (Phi) is 7.05. The number of amides is 1. The van der Waals surface area contributed by atoms with Crippen LogP contribution < -0.4 is 15.5 Å². The molecule has 154 valence electrons. The molecule has 0 unspecified atom stereocenters. The maximum atomic E-state index is 12.5. The van der Waals surface area contributed by atoms with Crippen LogP contribution in [0.3, 0.4) is 0 Å². The van der Waals surface area contributed by atoms with Gasteiger partial charge in [0.15, 0.2) is 0 Å². The summed E-state index contributed by atoms with van der Waals surface area (Å²) in [5, 5.41) is 11.9. The summed E-state index contributed by atoms with van der Waals surface area (Å²) in [5.74, 6) is -0.934. The van der Waals surface area contributed by atoms with Gasteiger partial charge in [0.05, 0.1) is 24.0 Å². The van der Waals surface area contributed by atoms with Crippen molar-refractivity contribution in [2.24, 2.45) is 0 Å². The van der Waals surface area contributed by atoms with Gasteiger partial charge < -0.3 is 15.2 Å². The number of hydrogen-bond donors (Lipinski definition) is 3. The van der Waals surface area contributed by atoms with Crippen LogP contribution in [0.5, 0.6) is 5.75 Å². The molecule has 3 N–H and O–H groups in total. The van der Waals surface area contributed by atoms with E-state index in [9.17, 15) is 14.7 Å². The van der Waals surface area contributed by atoms with E-state index in [1.54, 1.807) is 37.4 Å². The lowest BCUT2D eigenvalue weighted by atomic mass is 10.1. The van der Waals surface area contributed by atoms with E-state index in [1.165, 1.54) is 12.1 Å². The van der Waals surface area contributed by atoms with Crippen LogP contribution in [0.2, 0.25) is 0 Å². The van der Waals surface area contributed by atoms with Gasteiger partial charge in [-0.25, -0.2) is 4.79 Å². The fraction of sp³-hybridized carbons (Fsp3) is 0.0909. The average Bonchev–Trinajstić information content (AvgIpc) is 2.74. The third-order valence-electron chi connectivity index (χ3n) is 4.13. The number of aromatic carboxylic acids is 1. The largest absolute Gasteiger partial charge is 0.489 e. The summed E-state index contributed by atoms with van der Waals surface area (Å²) in [6.07, 6.45) is 0. The van der Waals surface area contributed by atoms with Gasteiger partial charge in [-0.1, -0.05) is 28.1 Å². The smallest absolute Gasteiger partial charge is 0.337 e. The molecular weight excluding hydrogens is 452 g/mol. The van der Waals surface area contributed by atoms with E-state index in [4.69, 9.17) is 9.57 Å². The maximum Gasteiger partial charge on any atom is 0.337 e. The van der Waals surface area contributed by atoms with E-state index < -0.39 is 11.9 Å². The van der Waals surface area contributed by atoms with Gasteiger partial charge in [-0.05, 0) is 60.2 Å². The maximum absolute atomic E-state index is 12.5. The SMILES string of the molecule is CONc1cccc(COc2ccc(C(=O)Nc3ccc(Br)cc3C(=O)O)cc2)c1. The monoisotopic (exact) mass is 470 g/mol. The van der Waals surface area contributed by atoms with E-state index in [1.807, 2.05) is 24.3 Å². The van der Waals surface area contributed by atoms with Gasteiger partial charge in [-0.2, -0.15) is 0 Å². The Balaban J connectivity index is 1.63. The van der Waals surface area contributed by atoms with Crippen LogP contribution in [0.15, 0.2) is 71.2 Å². The fourth-order valence-electron chi connectivity index (χ4n) is 2.71. The Hall–Kier alpha value is -3.36. The second kappa shape index (κ2) is 9.91. The minimum atomic E-state index is -1.12. The fourth-order valence-corrected chi connectivity index (χ4v) is 3.07. The lowest BCUT2D eigenvalue weighted by Crippen LogP contribution is -2.14. The third kappa shape index (κ3) is 5.59. The topological polar surface area (TPSA) is 96.9 Å². The number of carbonyl (C=O) groups excluding carboxylic acids is 1. The Bertz CT molecular complexity index is 1050. The van der Waals surface area contributed by atoms with Crippen LogP contribution in [0.25, 0.3) is 0 Å². The van der Waals surface area contributed by atoms with E-state index in [2.05, 4.69) is 26.7 Å². The number of carboxylic acid groups (broad SMARTS) is 1. The zero-order valence-electron chi connectivity index (χ0n) is 16.0. The molecule has 3 aromatic rings. The summed E-state index contributed by atoms with van der Waals surface area (Å²) in [6.45, 7) is 0.353. The van der Waals surface area contributed by atoms with E-state index in [0.29, 0.717) is 22.4 Å². The molecule has 0 radical (unpaired) electrons. The van der Waals surface area contributed by atoms with Gasteiger partial charge in [0.2, 0.25) is 0 Å². The van der Waals surface area contributed by atoms with Crippen molar-refractivity contribution in [3.63, 3.8) is 0 Å². The van der Waals surface area contributed by atoms with Crippen molar-refractivity contribution < 1.29 is 24.3 Å². The molecule has 0 bridgehead atoms. The summed E-state index contributed by atoms with van der Waals surface area (Å²) in [7, 11) is 1.54. The second-order valence-electron chi connectivity index (χ2n) is 6.27. The standard InChI is InChI=1S/C22H19BrN2O5/c1-29-25-17-4-2-3-14(11-17)13-30-18-8-5-15(6-9-18)21(26)24-20-10-7-16(23)12-19(20)22(27)28/h2-12,25H,13H2,1H3,(H,24,26)(H,27,28). The van der Waals surface area contributed by atoms with Crippen molar-refractivity contribution in [3.8, 4) is 5.75 Å². The molecule has 0 aromatic heterocycles. The normalized spacial score (nSPS) is 10.3. The van der Waals surface area contributed by atoms with Gasteiger partial charge in [0.1, 0.15) is 12.4 Å². The molecule has 7 nitrogen and oxygen atoms in total. The lowest BCUT2D eigenvalue weighted by Gasteiger charge is -2.11. The minimum Gasteiger partial charge on any atom is -0.489 e. The number of halogens is 1. The van der Waals surface area contributed by atoms with Crippen LogP contribution >= 0.6 is 15.9 Å². The molecule has 0 fully saturated rings. The van der Waals surface area contributed by atoms with Gasteiger partial charge in [0.25, 0.3) is 5.91 Å². The van der Waals surface area contributed by atoms with Gasteiger partial charge in [-0.15, -0.1) is 0 Å². The molecule has 1 amide bonds. The van der Waals surface area contributed by atoms with Crippen molar-refractivity contribution in [1.82, 2.24) is 0 Å². The van der Waals surface area contributed by atoms with Crippen molar-refractivity contribution in [2.75, 3.05) is 17.9 Å². The van der Waals surface area contributed by atoms with Crippen molar-refractivity contribution in [2.45, 2.75) is 6.61 Å². The molecule has 0 spiro atoms. The van der Waals surface area contributed by atoms with Crippen LogP contribution in [0, 0.1) is 0 Å². The van der Waals surface area contributed by atoms with Crippen LogP contribution in [-0.2, 0) is 11.4 Å². The van der Waals surface area contributed by atoms with E-state index in [-0.39, 0.29) is 11.3 Å². The first kappa shape index (κ1) is 21.4. The van der Waals surface area contributed by atoms with Crippen molar-refractivity contribution in [1.29, 1.82) is 0 Å². The predicted octanol–water partition coefficient (Wildman–Crippen LogP) is 4.95. The first-order valence-electron chi connectivity index (χ1n) is 8.91. The Morgan fingerprint density at radius 2 is 1.80 bits per heavy atom. The summed E-state index contributed by atoms with van der Waals surface area (Å²) < 4.78 is 6.37. The zero-order chi connectivity index (χ0) is 21.5. The highest BCUT2D eigenvalue weighted by atomic mass is 79.9. The molecule has 0 heterocycles. The number of benzene rings is 3. The molecule has 0 aliphatic carbocycles. The molecule has 3 rings (SSSR count). The molecule has 0 aliphatic heterocycles. The zero-order valence-corrected chi connectivity index (χ0v) is 17.6. The van der Waals surface area contributed by atoms with E-state index >= 15 is 0 Å². The van der Waals surface area contributed by atoms with Crippen LogP contribution in [-0.4, -0.2) is 24.1 Å². The Morgan fingerprint density at radius 3 is 2.50 bits per heavy atom. The quantitative estimate of drug-likeness (QED) is 0.403. The highest BCUT2D eigenvalue weighted by Gasteiger charge is 2.14. The second-order valence-corrected chi connectivity index (χ2v) is 7.18. The molecule has 8 heteroatoms. The number of carbonyl (C=O) groups is 2. The number of hydrogen-bond acceptors (Lipinski definition) is 5. The Labute approximate surface area is 181 Å². The van der Waals surface area contributed by atoms with Crippen molar-refractivity contribution >= 4 is 39.2 Å². The molecular formula is C22H19BrN2O5. The number of carboxylic acids is 1. The summed E-state index contributed by atoms with van der Waals surface area (Å²) in [6, 6.07) is 18.8. The highest BCUT2D eigenvalue weighted by molar-refractivity contribution is 9.10. The number of rotatable bonds is 8. The molecule has 30 heavy (non-hydrogen) atoms. The predicted molar refractivity (Wildman–Crippen MR) is 117 cm³/mol. The highest BCUT2D eigenvalue weighted by Crippen LogP contribution is 2.22. The van der Waals surface area contributed by atoms with Gasteiger partial charge >= 0.3 is 5.97 Å². The Morgan fingerprint density at radius 1 is 1.03 bits per heavy atom. The minimum absolute atomic E-state index is 0.00266. The molecule has 3 aromatic carbocycles. The summed E-state index contributed by atoms with van der Waals surface area (Å²) in [5.41, 5.74) is 5.14. The van der Waals surface area contributed by atoms with Gasteiger partial charge in [0, 0.05) is 10.0 Å². The van der Waals surface area contributed by atoms with Crippen LogP contribution in [0.4, 0.5) is 11.4 Å². The average molecular weight is 471 g/mol. The number of ether oxygens (including phenoxy) is 1. The molecule has 0 saturated carbocycles. The summed E-state index contributed by atoms with van der Waals surface area (Å²) >= 11 is 3.23. The van der Waals surface area contributed by atoms with Crippen LogP contribution in [0.1, 0.15) is 26.3 Å². The molecule has 0 aliphatic rings. The number of anilines is 2. The van der Waals surface area contributed by atoms with Gasteiger partial charge in [-0.3, -0.25) is 15.1 Å². The van der Waals surface area contributed by atoms with Crippen molar-refractivity contribution in [3.05, 3.63) is 87.9 Å². The molecule has 0 saturated heterocycles. The number of nitrogens with one attached hydrogen (secondary N) is 2. The first-order chi connectivity index (χ1) is 14.5. The third-order valence-corrected chi connectivity index (χ3v) is 4.62.